The molecule has 1 aliphatic heterocycles. The number of halogens is 3. The van der Waals surface area contributed by atoms with Crippen LogP contribution in [0.1, 0.15) is 21.5 Å². The number of carbonyl (C=O) groups is 1. The summed E-state index contributed by atoms with van der Waals surface area (Å²) in [6.07, 6.45) is -4.52. The first-order valence-electron chi connectivity index (χ1n) is 9.72. The summed E-state index contributed by atoms with van der Waals surface area (Å²) in [6, 6.07) is 8.65. The topological polar surface area (TPSA) is 76.2 Å². The zero-order chi connectivity index (χ0) is 23.5. The lowest BCUT2D eigenvalue weighted by Crippen LogP contribution is -2.37. The van der Waals surface area contributed by atoms with Gasteiger partial charge in [-0.1, -0.05) is 12.1 Å². The van der Waals surface area contributed by atoms with Crippen molar-refractivity contribution < 1.29 is 35.9 Å². The van der Waals surface area contributed by atoms with Gasteiger partial charge in [-0.2, -0.15) is 13.2 Å². The smallest absolute Gasteiger partial charge is 0.416 e. The van der Waals surface area contributed by atoms with Crippen LogP contribution in [0.4, 0.5) is 18.9 Å². The van der Waals surface area contributed by atoms with E-state index in [1.54, 1.807) is 0 Å². The zero-order valence-electron chi connectivity index (χ0n) is 17.6. The van der Waals surface area contributed by atoms with E-state index in [0.29, 0.717) is 32.0 Å². The first-order chi connectivity index (χ1) is 15.0. The van der Waals surface area contributed by atoms with E-state index in [0.717, 1.165) is 16.4 Å². The first-order valence-corrected chi connectivity index (χ1v) is 11.2. The Morgan fingerprint density at radius 1 is 1.12 bits per heavy atom. The molecule has 32 heavy (non-hydrogen) atoms. The van der Waals surface area contributed by atoms with Gasteiger partial charge in [0.15, 0.2) is 0 Å². The molecule has 1 aliphatic rings. The minimum atomic E-state index is -4.52. The molecular weight excluding hydrogens is 449 g/mol. The molecule has 0 bridgehead atoms. The quantitative estimate of drug-likeness (QED) is 0.602. The van der Waals surface area contributed by atoms with Gasteiger partial charge in [-0.15, -0.1) is 0 Å². The summed E-state index contributed by atoms with van der Waals surface area (Å²) in [4.78, 5) is 14.7. The minimum absolute atomic E-state index is 0.0156. The van der Waals surface area contributed by atoms with Crippen LogP contribution >= 0.6 is 0 Å². The van der Waals surface area contributed by atoms with Crippen molar-refractivity contribution in [3.05, 3.63) is 59.2 Å². The van der Waals surface area contributed by atoms with Crippen LogP contribution in [0.25, 0.3) is 0 Å². The van der Waals surface area contributed by atoms with Crippen LogP contribution < -0.4 is 4.90 Å². The molecule has 0 unspecified atom stereocenters. The highest BCUT2D eigenvalue weighted by molar-refractivity contribution is 7.89. The van der Waals surface area contributed by atoms with E-state index < -0.39 is 34.3 Å². The Morgan fingerprint density at radius 3 is 2.44 bits per heavy atom. The molecule has 0 atom stereocenters. The van der Waals surface area contributed by atoms with Gasteiger partial charge in [0, 0.05) is 27.2 Å². The van der Waals surface area contributed by atoms with Crippen molar-refractivity contribution in [2.45, 2.75) is 17.7 Å². The normalized spacial score (nSPS) is 15.1. The summed E-state index contributed by atoms with van der Waals surface area (Å²) in [5, 5.41) is 0. The maximum atomic E-state index is 12.9. The van der Waals surface area contributed by atoms with Crippen LogP contribution in [-0.2, 0) is 32.3 Å². The monoisotopic (exact) mass is 472 g/mol. The van der Waals surface area contributed by atoms with Crippen LogP contribution in [0.3, 0.4) is 0 Å². The number of alkyl halides is 3. The second kappa shape index (κ2) is 9.47. The van der Waals surface area contributed by atoms with Gasteiger partial charge in [0.1, 0.15) is 6.61 Å². The summed E-state index contributed by atoms with van der Waals surface area (Å²) >= 11 is 0. The molecule has 3 rings (SSSR count). The number of nitrogens with zero attached hydrogens (tertiary/aromatic N) is 2. The van der Waals surface area contributed by atoms with Crippen LogP contribution in [-0.4, -0.2) is 59.1 Å². The average molecular weight is 472 g/mol. The highest BCUT2D eigenvalue weighted by Gasteiger charge is 2.30. The van der Waals surface area contributed by atoms with Gasteiger partial charge in [-0.25, -0.2) is 17.5 Å². The van der Waals surface area contributed by atoms with E-state index >= 15 is 0 Å². The molecule has 2 aromatic carbocycles. The van der Waals surface area contributed by atoms with Gasteiger partial charge < -0.3 is 14.4 Å². The van der Waals surface area contributed by atoms with Crippen molar-refractivity contribution in [2.75, 3.05) is 45.3 Å². The molecule has 0 aromatic heterocycles. The third-order valence-corrected chi connectivity index (χ3v) is 6.75. The van der Waals surface area contributed by atoms with Crippen molar-refractivity contribution in [3.8, 4) is 0 Å². The third kappa shape index (κ3) is 5.40. The fraction of sp³-hybridized carbons (Fsp3) is 0.381. The summed E-state index contributed by atoms with van der Waals surface area (Å²) in [6.45, 7) is 1.48. The predicted molar refractivity (Wildman–Crippen MR) is 111 cm³/mol. The number of morpholine rings is 1. The Labute approximate surface area is 184 Å². The first kappa shape index (κ1) is 24.0. The van der Waals surface area contributed by atoms with Gasteiger partial charge in [0.2, 0.25) is 10.0 Å². The molecule has 0 amide bonds. The van der Waals surface area contributed by atoms with Gasteiger partial charge in [-0.3, -0.25) is 0 Å². The summed E-state index contributed by atoms with van der Waals surface area (Å²) < 4.78 is 75.5. The van der Waals surface area contributed by atoms with E-state index in [-0.39, 0.29) is 16.0 Å². The number of carbonyl (C=O) groups excluding carboxylic acids is 1. The molecule has 11 heteroatoms. The second-order valence-corrected chi connectivity index (χ2v) is 9.49. The lowest BCUT2D eigenvalue weighted by atomic mass is 10.1. The summed E-state index contributed by atoms with van der Waals surface area (Å²) in [5.41, 5.74) is -0.195. The standard InChI is InChI=1S/C21H23F3N2O5S/c1-25(2)32(28,29)17-6-7-19(26-8-10-30-11-9-26)18(13-17)20(27)31-14-15-4-3-5-16(12-15)21(22,23)24/h3-7,12-13H,8-11,14H2,1-2H3. The van der Waals surface area contributed by atoms with Crippen molar-refractivity contribution in [1.29, 1.82) is 0 Å². The van der Waals surface area contributed by atoms with Crippen molar-refractivity contribution in [3.63, 3.8) is 0 Å². The van der Waals surface area contributed by atoms with Gasteiger partial charge >= 0.3 is 12.1 Å². The predicted octanol–water partition coefficient (Wildman–Crippen LogP) is 3.15. The number of sulfonamides is 1. The lowest BCUT2D eigenvalue weighted by molar-refractivity contribution is -0.137. The lowest BCUT2D eigenvalue weighted by Gasteiger charge is -2.30. The van der Waals surface area contributed by atoms with E-state index in [4.69, 9.17) is 9.47 Å². The molecule has 0 radical (unpaired) electrons. The van der Waals surface area contributed by atoms with Gasteiger partial charge in [0.25, 0.3) is 0 Å². The van der Waals surface area contributed by atoms with Crippen LogP contribution in [0.15, 0.2) is 47.4 Å². The number of anilines is 1. The Balaban J connectivity index is 1.90. The highest BCUT2D eigenvalue weighted by atomic mass is 32.2. The molecule has 1 heterocycles. The SMILES string of the molecule is CN(C)S(=O)(=O)c1ccc(N2CCOCC2)c(C(=O)OCc2cccc(C(F)(F)F)c2)c1. The maximum absolute atomic E-state index is 12.9. The fourth-order valence-corrected chi connectivity index (χ4v) is 4.12. The molecule has 1 fully saturated rings. The molecular formula is C21H23F3N2O5S. The largest absolute Gasteiger partial charge is 0.457 e. The summed E-state index contributed by atoms with van der Waals surface area (Å²) in [7, 11) is -1.07. The van der Waals surface area contributed by atoms with Gasteiger partial charge in [-0.05, 0) is 35.9 Å². The van der Waals surface area contributed by atoms with Crippen molar-refractivity contribution in [2.24, 2.45) is 0 Å². The number of esters is 1. The van der Waals surface area contributed by atoms with E-state index in [9.17, 15) is 26.4 Å². The minimum Gasteiger partial charge on any atom is -0.457 e. The Morgan fingerprint density at radius 2 is 1.81 bits per heavy atom. The van der Waals surface area contributed by atoms with Crippen LogP contribution in [0.5, 0.6) is 0 Å². The van der Waals surface area contributed by atoms with E-state index in [1.165, 1.54) is 44.4 Å². The molecule has 2 aromatic rings. The number of ether oxygens (including phenoxy) is 2. The number of hydrogen-bond donors (Lipinski definition) is 0. The molecule has 174 valence electrons. The van der Waals surface area contributed by atoms with Gasteiger partial charge in [0.05, 0.1) is 34.9 Å². The molecule has 0 aliphatic carbocycles. The average Bonchev–Trinajstić information content (AvgIpc) is 2.77. The van der Waals surface area contributed by atoms with Crippen molar-refractivity contribution in [1.82, 2.24) is 4.31 Å². The summed E-state index contributed by atoms with van der Waals surface area (Å²) in [5.74, 6) is -0.834. The Hall–Kier alpha value is -2.63. The molecule has 1 saturated heterocycles. The molecule has 7 nitrogen and oxygen atoms in total. The number of rotatable bonds is 6. The van der Waals surface area contributed by atoms with Crippen LogP contribution in [0, 0.1) is 0 Å². The van der Waals surface area contributed by atoms with Crippen LogP contribution in [0.2, 0.25) is 0 Å². The second-order valence-electron chi connectivity index (χ2n) is 7.34. The van der Waals surface area contributed by atoms with E-state index in [2.05, 4.69) is 0 Å². The fourth-order valence-electron chi connectivity index (χ4n) is 3.19. The molecule has 0 saturated carbocycles. The Bertz CT molecular complexity index is 1080. The van der Waals surface area contributed by atoms with Crippen molar-refractivity contribution >= 4 is 21.7 Å². The van der Waals surface area contributed by atoms with E-state index in [1.807, 2.05) is 4.90 Å². The third-order valence-electron chi connectivity index (χ3n) is 4.94. The number of benzene rings is 2. The molecule has 0 spiro atoms. The number of hydrogen-bond acceptors (Lipinski definition) is 6. The molecule has 0 N–H and O–H groups in total. The zero-order valence-corrected chi connectivity index (χ0v) is 18.4. The maximum Gasteiger partial charge on any atom is 0.416 e. The highest BCUT2D eigenvalue weighted by Crippen LogP contribution is 2.30. The Kier molecular flexibility index (Phi) is 7.11.